The van der Waals surface area contributed by atoms with Crippen LogP contribution in [0.1, 0.15) is 24.8 Å². The van der Waals surface area contributed by atoms with Gasteiger partial charge in [-0.1, -0.05) is 0 Å². The zero-order chi connectivity index (χ0) is 22.2. The number of likely N-dealkylation sites (N-methyl/N-ethyl adjacent to an activating group) is 1. The molecule has 162 valence electrons. The van der Waals surface area contributed by atoms with Crippen LogP contribution in [0.3, 0.4) is 0 Å². The average molecular weight is 426 g/mol. The van der Waals surface area contributed by atoms with Crippen LogP contribution in [0.4, 0.5) is 26.1 Å². The van der Waals surface area contributed by atoms with Crippen LogP contribution in [0, 0.1) is 18.6 Å². The molecule has 31 heavy (non-hydrogen) atoms. The molecule has 1 aromatic heterocycles. The van der Waals surface area contributed by atoms with Crippen LogP contribution in [0.5, 0.6) is 0 Å². The molecule has 1 amide bonds. The molecular weight excluding hydrogens is 402 g/mol. The van der Waals surface area contributed by atoms with Gasteiger partial charge in [0.05, 0.1) is 5.69 Å². The summed E-state index contributed by atoms with van der Waals surface area (Å²) in [5.74, 6) is -1.03. The Kier molecular flexibility index (Phi) is 5.34. The second-order valence-electron chi connectivity index (χ2n) is 8.11. The maximum absolute atomic E-state index is 13.5. The summed E-state index contributed by atoms with van der Waals surface area (Å²) in [5, 5.41) is 10.8. The van der Waals surface area contributed by atoms with Crippen LogP contribution in [-0.2, 0) is 4.79 Å². The Morgan fingerprint density at radius 2 is 1.74 bits per heavy atom. The highest BCUT2D eigenvalue weighted by Crippen LogP contribution is 2.37. The largest absolute Gasteiger partial charge is 0.371 e. The summed E-state index contributed by atoms with van der Waals surface area (Å²) in [5.41, 5.74) is 2.21. The topological polar surface area (TPSA) is 75.1 Å². The minimum absolute atomic E-state index is 0.0671. The molecule has 2 N–H and O–H groups in total. The van der Waals surface area contributed by atoms with Gasteiger partial charge >= 0.3 is 0 Å². The number of hydrogen-bond acceptors (Lipinski definition) is 5. The van der Waals surface area contributed by atoms with Crippen molar-refractivity contribution >= 4 is 23.2 Å². The highest BCUT2D eigenvalue weighted by molar-refractivity contribution is 5.90. The normalized spacial score (nSPS) is 14.6. The molecule has 0 spiro atoms. The second kappa shape index (κ2) is 7.98. The molecule has 1 aliphatic carbocycles. The number of aromatic nitrogens is 3. The van der Waals surface area contributed by atoms with Gasteiger partial charge in [0.1, 0.15) is 23.5 Å². The van der Waals surface area contributed by atoms with E-state index in [1.165, 1.54) is 23.1 Å². The third-order valence-electron chi connectivity index (χ3n) is 5.34. The molecule has 0 radical (unpaired) electrons. The summed E-state index contributed by atoms with van der Waals surface area (Å²) in [7, 11) is 3.53. The highest BCUT2D eigenvalue weighted by Gasteiger charge is 2.45. The number of aryl methyl sites for hydroxylation is 1. The Morgan fingerprint density at radius 1 is 1.06 bits per heavy atom. The van der Waals surface area contributed by atoms with Crippen molar-refractivity contribution in [2.75, 3.05) is 24.7 Å². The molecule has 1 fully saturated rings. The lowest BCUT2D eigenvalue weighted by molar-refractivity contribution is -0.136. The number of benzene rings is 2. The van der Waals surface area contributed by atoms with E-state index in [0.29, 0.717) is 0 Å². The van der Waals surface area contributed by atoms with E-state index in [9.17, 15) is 13.6 Å². The monoisotopic (exact) mass is 426 g/mol. The zero-order valence-electron chi connectivity index (χ0n) is 17.6. The molecule has 0 saturated heterocycles. The molecule has 0 atom stereocenters. The van der Waals surface area contributed by atoms with Gasteiger partial charge in [-0.25, -0.2) is 13.5 Å². The maximum atomic E-state index is 13.5. The van der Waals surface area contributed by atoms with E-state index in [0.717, 1.165) is 42.3 Å². The number of amides is 1. The smallest absolute Gasteiger partial charge is 0.247 e. The van der Waals surface area contributed by atoms with Gasteiger partial charge in [-0.2, -0.15) is 4.98 Å². The van der Waals surface area contributed by atoms with Gasteiger partial charge in [-0.05, 0) is 62.1 Å². The Bertz CT molecular complexity index is 1100. The molecule has 9 heteroatoms. The van der Waals surface area contributed by atoms with Gasteiger partial charge in [0.25, 0.3) is 0 Å². The van der Waals surface area contributed by atoms with Gasteiger partial charge in [-0.15, -0.1) is 5.10 Å². The van der Waals surface area contributed by atoms with Crippen molar-refractivity contribution in [1.29, 1.82) is 0 Å². The highest BCUT2D eigenvalue weighted by atomic mass is 19.1. The van der Waals surface area contributed by atoms with Crippen molar-refractivity contribution in [2.24, 2.45) is 0 Å². The molecule has 7 nitrogen and oxygen atoms in total. The number of anilines is 3. The molecule has 1 saturated carbocycles. The van der Waals surface area contributed by atoms with Gasteiger partial charge < -0.3 is 15.5 Å². The Labute approximate surface area is 179 Å². The fraction of sp³-hybridized carbons (Fsp3) is 0.318. The van der Waals surface area contributed by atoms with Crippen molar-refractivity contribution in [1.82, 2.24) is 19.7 Å². The lowest BCUT2D eigenvalue weighted by atomic mass is 9.75. The van der Waals surface area contributed by atoms with Crippen LogP contribution < -0.4 is 10.6 Å². The van der Waals surface area contributed by atoms with Crippen molar-refractivity contribution in [2.45, 2.75) is 31.7 Å². The van der Waals surface area contributed by atoms with Crippen LogP contribution >= 0.6 is 0 Å². The van der Waals surface area contributed by atoms with E-state index >= 15 is 0 Å². The first-order chi connectivity index (χ1) is 14.7. The van der Waals surface area contributed by atoms with Crippen molar-refractivity contribution in [3.8, 4) is 5.69 Å². The van der Waals surface area contributed by atoms with E-state index in [1.54, 1.807) is 19.0 Å². The van der Waals surface area contributed by atoms with E-state index < -0.39 is 17.2 Å². The number of carbonyl (C=O) groups excluding carboxylic acids is 1. The fourth-order valence-corrected chi connectivity index (χ4v) is 3.80. The van der Waals surface area contributed by atoms with Gasteiger partial charge in [0.2, 0.25) is 11.9 Å². The molecule has 2 aromatic carbocycles. The van der Waals surface area contributed by atoms with Crippen LogP contribution in [-0.4, -0.2) is 45.2 Å². The Hall–Kier alpha value is -3.49. The van der Waals surface area contributed by atoms with Gasteiger partial charge in [-0.3, -0.25) is 4.79 Å². The molecule has 1 heterocycles. The van der Waals surface area contributed by atoms with E-state index in [2.05, 4.69) is 20.7 Å². The molecule has 3 aromatic rings. The van der Waals surface area contributed by atoms with Crippen LogP contribution in [0.25, 0.3) is 5.69 Å². The standard InChI is InChI=1S/C22H24F2N6O/c1-14-7-17(12-18(8-14)27-22(5-4-6-22)20(31)29(2)3)26-21-25-13-30(28-21)19-10-15(23)9-16(24)11-19/h7-13,27H,4-6H2,1-3H3,(H,26,28). The molecule has 1 aliphatic rings. The summed E-state index contributed by atoms with van der Waals surface area (Å²) in [6, 6.07) is 8.95. The minimum atomic E-state index is -0.688. The summed E-state index contributed by atoms with van der Waals surface area (Å²) >= 11 is 0. The second-order valence-corrected chi connectivity index (χ2v) is 8.11. The van der Waals surface area contributed by atoms with E-state index in [4.69, 9.17) is 0 Å². The first-order valence-electron chi connectivity index (χ1n) is 10.0. The molecular formula is C22H24F2N6O. The third-order valence-corrected chi connectivity index (χ3v) is 5.34. The van der Waals surface area contributed by atoms with Crippen LogP contribution in [0.2, 0.25) is 0 Å². The number of rotatable bonds is 6. The molecule has 4 rings (SSSR count). The Morgan fingerprint density at radius 3 is 2.35 bits per heavy atom. The third kappa shape index (κ3) is 4.35. The maximum Gasteiger partial charge on any atom is 0.247 e. The quantitative estimate of drug-likeness (QED) is 0.623. The first-order valence-corrected chi connectivity index (χ1v) is 10.0. The van der Waals surface area contributed by atoms with Gasteiger partial charge in [0.15, 0.2) is 0 Å². The number of halogens is 2. The molecule has 0 bridgehead atoms. The van der Waals surface area contributed by atoms with E-state index in [-0.39, 0.29) is 17.5 Å². The van der Waals surface area contributed by atoms with Crippen molar-refractivity contribution in [3.63, 3.8) is 0 Å². The summed E-state index contributed by atoms with van der Waals surface area (Å²) in [6.45, 7) is 1.96. The molecule has 0 unspecified atom stereocenters. The predicted molar refractivity (Wildman–Crippen MR) is 115 cm³/mol. The summed E-state index contributed by atoms with van der Waals surface area (Å²) < 4.78 is 28.3. The van der Waals surface area contributed by atoms with Gasteiger partial charge in [0, 0.05) is 31.5 Å². The SMILES string of the molecule is Cc1cc(Nc2ncn(-c3cc(F)cc(F)c3)n2)cc(NC2(C(=O)N(C)C)CCC2)c1. The lowest BCUT2D eigenvalue weighted by Gasteiger charge is -2.43. The van der Waals surface area contributed by atoms with Crippen molar-refractivity contribution in [3.05, 3.63) is 59.9 Å². The predicted octanol–water partition coefficient (Wildman–Crippen LogP) is 4.02. The lowest BCUT2D eigenvalue weighted by Crippen LogP contribution is -2.56. The zero-order valence-corrected chi connectivity index (χ0v) is 17.6. The summed E-state index contributed by atoms with van der Waals surface area (Å²) in [6.07, 6.45) is 3.96. The van der Waals surface area contributed by atoms with E-state index in [1.807, 2.05) is 25.1 Å². The summed E-state index contributed by atoms with van der Waals surface area (Å²) in [4.78, 5) is 18.5. The average Bonchev–Trinajstić information content (AvgIpc) is 3.11. The number of hydrogen-bond donors (Lipinski definition) is 2. The van der Waals surface area contributed by atoms with Crippen LogP contribution in [0.15, 0.2) is 42.7 Å². The molecule has 0 aliphatic heterocycles. The Balaban J connectivity index is 1.54. The first kappa shape index (κ1) is 20.8. The number of nitrogens with one attached hydrogen (secondary N) is 2. The number of nitrogens with zero attached hydrogens (tertiary/aromatic N) is 4. The van der Waals surface area contributed by atoms with Crippen molar-refractivity contribution < 1.29 is 13.6 Å². The number of carbonyl (C=O) groups is 1. The fourth-order valence-electron chi connectivity index (χ4n) is 3.80. The minimum Gasteiger partial charge on any atom is -0.371 e.